The van der Waals surface area contributed by atoms with Crippen molar-refractivity contribution in [2.75, 3.05) is 0 Å². The molecule has 0 amide bonds. The standard InChI is InChI=1S/C29H24F6/c1-2-3-4-5-6-18-7-13-23-20(15-18)10-14-24(28(23)32)21-16-25(30)27(26(31)17-21)19-8-11-22(12-9-19)29(33,34)35/h7-17H,2-6H2,1H3. The number of hydrogen-bond acceptors (Lipinski definition) is 0. The average Bonchev–Trinajstić information content (AvgIpc) is 2.81. The van der Waals surface area contributed by atoms with E-state index < -0.39 is 34.8 Å². The number of rotatable bonds is 7. The molecule has 0 N–H and O–H groups in total. The molecule has 0 bridgehead atoms. The van der Waals surface area contributed by atoms with Crippen molar-refractivity contribution in [1.29, 1.82) is 0 Å². The van der Waals surface area contributed by atoms with E-state index in [0.29, 0.717) is 10.8 Å². The molecule has 4 rings (SSSR count). The first kappa shape index (κ1) is 24.8. The number of aryl methyl sites for hydroxylation is 1. The predicted molar refractivity (Wildman–Crippen MR) is 128 cm³/mol. The number of alkyl halides is 3. The van der Waals surface area contributed by atoms with E-state index in [-0.39, 0.29) is 16.7 Å². The summed E-state index contributed by atoms with van der Waals surface area (Å²) < 4.78 is 83.5. The molecule has 182 valence electrons. The lowest BCUT2D eigenvalue weighted by Gasteiger charge is -2.12. The van der Waals surface area contributed by atoms with E-state index in [0.717, 1.165) is 67.6 Å². The van der Waals surface area contributed by atoms with Crippen molar-refractivity contribution in [3.63, 3.8) is 0 Å². The topological polar surface area (TPSA) is 0 Å². The molecular weight excluding hydrogens is 462 g/mol. The minimum Gasteiger partial charge on any atom is -0.206 e. The van der Waals surface area contributed by atoms with Crippen LogP contribution in [0.2, 0.25) is 0 Å². The second kappa shape index (κ2) is 10.1. The van der Waals surface area contributed by atoms with Crippen LogP contribution in [-0.2, 0) is 12.6 Å². The van der Waals surface area contributed by atoms with Gasteiger partial charge in [0.25, 0.3) is 0 Å². The Labute approximate surface area is 200 Å². The fourth-order valence-electron chi connectivity index (χ4n) is 4.31. The minimum atomic E-state index is -4.55. The first-order valence-electron chi connectivity index (χ1n) is 11.6. The van der Waals surface area contributed by atoms with E-state index in [2.05, 4.69) is 6.92 Å². The lowest BCUT2D eigenvalue weighted by atomic mass is 9.95. The molecule has 0 aliphatic rings. The van der Waals surface area contributed by atoms with Gasteiger partial charge in [0, 0.05) is 10.9 Å². The van der Waals surface area contributed by atoms with Gasteiger partial charge in [0.1, 0.15) is 17.5 Å². The molecule has 0 radical (unpaired) electrons. The molecule has 0 saturated heterocycles. The highest BCUT2D eigenvalue weighted by Crippen LogP contribution is 2.36. The second-order valence-corrected chi connectivity index (χ2v) is 8.68. The molecule has 35 heavy (non-hydrogen) atoms. The number of fused-ring (bicyclic) bond motifs is 1. The van der Waals surface area contributed by atoms with Crippen LogP contribution in [0, 0.1) is 17.5 Å². The fraction of sp³-hybridized carbons (Fsp3) is 0.241. The second-order valence-electron chi connectivity index (χ2n) is 8.68. The highest BCUT2D eigenvalue weighted by molar-refractivity contribution is 5.89. The van der Waals surface area contributed by atoms with Crippen molar-refractivity contribution in [2.45, 2.75) is 45.2 Å². The molecule has 6 heteroatoms. The van der Waals surface area contributed by atoms with Gasteiger partial charge in [-0.1, -0.05) is 68.7 Å². The maximum absolute atomic E-state index is 15.3. The number of benzene rings is 4. The summed E-state index contributed by atoms with van der Waals surface area (Å²) in [6.07, 6.45) is 0.879. The van der Waals surface area contributed by atoms with Gasteiger partial charge in [0.2, 0.25) is 0 Å². The van der Waals surface area contributed by atoms with Crippen LogP contribution >= 0.6 is 0 Å². The number of hydrogen-bond donors (Lipinski definition) is 0. The third-order valence-electron chi connectivity index (χ3n) is 6.19. The first-order chi connectivity index (χ1) is 16.7. The SMILES string of the molecule is CCCCCCc1ccc2c(F)c(-c3cc(F)c(-c4ccc(C(F)(F)F)cc4)c(F)c3)ccc2c1. The summed E-state index contributed by atoms with van der Waals surface area (Å²) in [5.74, 6) is -2.55. The van der Waals surface area contributed by atoms with Crippen molar-refractivity contribution in [2.24, 2.45) is 0 Å². The monoisotopic (exact) mass is 486 g/mol. The van der Waals surface area contributed by atoms with E-state index in [4.69, 9.17) is 0 Å². The Morgan fingerprint density at radius 1 is 0.686 bits per heavy atom. The third kappa shape index (κ3) is 5.37. The zero-order valence-electron chi connectivity index (χ0n) is 19.2. The van der Waals surface area contributed by atoms with Crippen molar-refractivity contribution in [3.05, 3.63) is 95.3 Å². The van der Waals surface area contributed by atoms with Crippen LogP contribution in [0.15, 0.2) is 66.7 Å². The van der Waals surface area contributed by atoms with Gasteiger partial charge in [0.05, 0.1) is 11.1 Å². The molecule has 0 fully saturated rings. The van der Waals surface area contributed by atoms with Crippen LogP contribution in [0.4, 0.5) is 26.3 Å². The summed E-state index contributed by atoms with van der Waals surface area (Å²) in [5, 5.41) is 1.06. The Morgan fingerprint density at radius 2 is 1.37 bits per heavy atom. The van der Waals surface area contributed by atoms with E-state index >= 15 is 4.39 Å². The first-order valence-corrected chi connectivity index (χ1v) is 11.6. The number of halogens is 6. The van der Waals surface area contributed by atoms with E-state index in [1.165, 1.54) is 12.5 Å². The van der Waals surface area contributed by atoms with Gasteiger partial charge in [-0.25, -0.2) is 13.2 Å². The summed E-state index contributed by atoms with van der Waals surface area (Å²) in [6.45, 7) is 2.15. The van der Waals surface area contributed by atoms with Gasteiger partial charge in [-0.3, -0.25) is 0 Å². The molecule has 0 unspecified atom stereocenters. The Kier molecular flexibility index (Phi) is 7.20. The Bertz CT molecular complexity index is 1310. The summed E-state index contributed by atoms with van der Waals surface area (Å²) in [4.78, 5) is 0. The quantitative estimate of drug-likeness (QED) is 0.180. The van der Waals surface area contributed by atoms with Crippen LogP contribution in [0.25, 0.3) is 33.0 Å². The molecule has 4 aromatic rings. The van der Waals surface area contributed by atoms with E-state index in [9.17, 15) is 22.0 Å². The third-order valence-corrected chi connectivity index (χ3v) is 6.19. The highest BCUT2D eigenvalue weighted by Gasteiger charge is 2.30. The number of unbranched alkanes of at least 4 members (excludes halogenated alkanes) is 3. The van der Waals surface area contributed by atoms with Crippen LogP contribution in [0.1, 0.15) is 43.7 Å². The summed E-state index contributed by atoms with van der Waals surface area (Å²) in [6, 6.07) is 14.3. The van der Waals surface area contributed by atoms with Gasteiger partial charge >= 0.3 is 6.18 Å². The van der Waals surface area contributed by atoms with Gasteiger partial charge in [-0.15, -0.1) is 0 Å². The molecule has 0 aliphatic heterocycles. The lowest BCUT2D eigenvalue weighted by molar-refractivity contribution is -0.137. The average molecular weight is 486 g/mol. The molecule has 0 saturated carbocycles. The molecule has 0 heterocycles. The lowest BCUT2D eigenvalue weighted by Crippen LogP contribution is -2.04. The fourth-order valence-corrected chi connectivity index (χ4v) is 4.31. The van der Waals surface area contributed by atoms with Crippen LogP contribution in [0.3, 0.4) is 0 Å². The molecule has 0 aliphatic carbocycles. The normalized spacial score (nSPS) is 11.9. The molecule has 0 nitrogen and oxygen atoms in total. The van der Waals surface area contributed by atoms with E-state index in [1.807, 2.05) is 12.1 Å². The smallest absolute Gasteiger partial charge is 0.206 e. The van der Waals surface area contributed by atoms with E-state index in [1.54, 1.807) is 12.1 Å². The van der Waals surface area contributed by atoms with Crippen molar-refractivity contribution in [1.82, 2.24) is 0 Å². The Morgan fingerprint density at radius 3 is 2.00 bits per heavy atom. The summed E-state index contributed by atoms with van der Waals surface area (Å²) in [5.41, 5.74) is -0.246. The zero-order valence-corrected chi connectivity index (χ0v) is 19.2. The molecule has 0 atom stereocenters. The maximum Gasteiger partial charge on any atom is 0.416 e. The minimum absolute atomic E-state index is 0.0127. The Hall–Kier alpha value is -3.28. The van der Waals surface area contributed by atoms with Crippen LogP contribution in [-0.4, -0.2) is 0 Å². The summed E-state index contributed by atoms with van der Waals surface area (Å²) in [7, 11) is 0. The van der Waals surface area contributed by atoms with Gasteiger partial charge in [0.15, 0.2) is 0 Å². The Balaban J connectivity index is 1.65. The van der Waals surface area contributed by atoms with Crippen LogP contribution < -0.4 is 0 Å². The molecule has 4 aromatic carbocycles. The largest absolute Gasteiger partial charge is 0.416 e. The van der Waals surface area contributed by atoms with Gasteiger partial charge in [-0.05, 0) is 59.2 Å². The van der Waals surface area contributed by atoms with Gasteiger partial charge in [-0.2, -0.15) is 13.2 Å². The van der Waals surface area contributed by atoms with Crippen molar-refractivity contribution in [3.8, 4) is 22.3 Å². The molecule has 0 spiro atoms. The van der Waals surface area contributed by atoms with Gasteiger partial charge < -0.3 is 0 Å². The highest BCUT2D eigenvalue weighted by atomic mass is 19.4. The van der Waals surface area contributed by atoms with Crippen molar-refractivity contribution < 1.29 is 26.3 Å². The molecular formula is C29H24F6. The van der Waals surface area contributed by atoms with Crippen LogP contribution in [0.5, 0.6) is 0 Å². The summed E-state index contributed by atoms with van der Waals surface area (Å²) >= 11 is 0. The zero-order chi connectivity index (χ0) is 25.2. The van der Waals surface area contributed by atoms with Crippen molar-refractivity contribution >= 4 is 10.8 Å². The maximum atomic E-state index is 15.3. The predicted octanol–water partition coefficient (Wildman–Crippen LogP) is 9.73. The molecule has 0 aromatic heterocycles.